The zero-order valence-corrected chi connectivity index (χ0v) is 13.8. The Bertz CT molecular complexity index is 496. The first-order valence-electron chi connectivity index (χ1n) is 7.81. The first kappa shape index (κ1) is 16.8. The van der Waals surface area contributed by atoms with Gasteiger partial charge in [0.05, 0.1) is 12.2 Å². The van der Waals surface area contributed by atoms with Crippen LogP contribution in [0.25, 0.3) is 0 Å². The molecule has 122 valence electrons. The van der Waals surface area contributed by atoms with Gasteiger partial charge in [0.1, 0.15) is 0 Å². The second-order valence-corrected chi connectivity index (χ2v) is 5.88. The van der Waals surface area contributed by atoms with Gasteiger partial charge in [-0.1, -0.05) is 24.3 Å². The molecule has 0 bridgehead atoms. The lowest BCUT2D eigenvalue weighted by Gasteiger charge is -2.24. The van der Waals surface area contributed by atoms with Crippen molar-refractivity contribution >= 4 is 5.96 Å². The van der Waals surface area contributed by atoms with Gasteiger partial charge in [-0.3, -0.25) is 4.99 Å². The Morgan fingerprint density at radius 2 is 2.09 bits per heavy atom. The van der Waals surface area contributed by atoms with Crippen LogP contribution >= 0.6 is 0 Å². The average molecular weight is 305 g/mol. The van der Waals surface area contributed by atoms with E-state index in [0.29, 0.717) is 6.61 Å². The molecule has 22 heavy (non-hydrogen) atoms. The summed E-state index contributed by atoms with van der Waals surface area (Å²) in [4.78, 5) is 4.28. The van der Waals surface area contributed by atoms with Gasteiger partial charge in [0.25, 0.3) is 0 Å². The van der Waals surface area contributed by atoms with Crippen LogP contribution in [0.15, 0.2) is 29.3 Å². The summed E-state index contributed by atoms with van der Waals surface area (Å²) in [6.45, 7) is 5.11. The molecule has 1 unspecified atom stereocenters. The molecule has 1 fully saturated rings. The molecule has 2 rings (SSSR count). The van der Waals surface area contributed by atoms with Crippen LogP contribution in [0.3, 0.4) is 0 Å². The van der Waals surface area contributed by atoms with Crippen molar-refractivity contribution in [2.75, 3.05) is 27.3 Å². The molecule has 1 atom stereocenters. The predicted molar refractivity (Wildman–Crippen MR) is 88.9 cm³/mol. The zero-order chi connectivity index (χ0) is 15.8. The number of rotatable bonds is 6. The third-order valence-corrected chi connectivity index (χ3v) is 4.02. The van der Waals surface area contributed by atoms with Crippen molar-refractivity contribution in [2.45, 2.75) is 38.5 Å². The Labute approximate surface area is 133 Å². The van der Waals surface area contributed by atoms with Crippen LogP contribution in [0.5, 0.6) is 0 Å². The number of guanidine groups is 1. The summed E-state index contributed by atoms with van der Waals surface area (Å²) in [5.74, 6) is 0.795. The van der Waals surface area contributed by atoms with Crippen molar-refractivity contribution in [3.8, 4) is 0 Å². The van der Waals surface area contributed by atoms with E-state index in [1.165, 1.54) is 11.1 Å². The minimum absolute atomic E-state index is 0.0778. The highest BCUT2D eigenvalue weighted by atomic mass is 16.5. The van der Waals surface area contributed by atoms with Crippen molar-refractivity contribution in [1.29, 1.82) is 0 Å². The maximum atomic E-state index is 5.79. The van der Waals surface area contributed by atoms with Gasteiger partial charge in [-0.25, -0.2) is 0 Å². The normalized spacial score (nSPS) is 21.9. The fourth-order valence-electron chi connectivity index (χ4n) is 2.67. The molecule has 0 saturated carbocycles. The summed E-state index contributed by atoms with van der Waals surface area (Å²) >= 11 is 0. The molecule has 1 aromatic rings. The van der Waals surface area contributed by atoms with E-state index in [1.54, 1.807) is 14.2 Å². The zero-order valence-electron chi connectivity index (χ0n) is 13.8. The van der Waals surface area contributed by atoms with E-state index < -0.39 is 0 Å². The Morgan fingerprint density at radius 3 is 2.73 bits per heavy atom. The van der Waals surface area contributed by atoms with Crippen molar-refractivity contribution in [3.63, 3.8) is 0 Å². The summed E-state index contributed by atoms with van der Waals surface area (Å²) in [6.07, 6.45) is 2.22. The molecule has 5 nitrogen and oxygen atoms in total. The first-order chi connectivity index (χ1) is 10.7. The molecule has 1 aromatic carbocycles. The van der Waals surface area contributed by atoms with Crippen molar-refractivity contribution in [1.82, 2.24) is 10.6 Å². The van der Waals surface area contributed by atoms with Gasteiger partial charge in [0, 0.05) is 33.9 Å². The quantitative estimate of drug-likeness (QED) is 0.624. The van der Waals surface area contributed by atoms with Crippen molar-refractivity contribution in [2.24, 2.45) is 4.99 Å². The summed E-state index contributed by atoms with van der Waals surface area (Å²) in [7, 11) is 3.50. The Balaban J connectivity index is 1.86. The SMILES string of the molecule is CN=C(NCc1ccccc1COC)NCC1(C)CCCO1. The predicted octanol–water partition coefficient (Wildman–Crippen LogP) is 2.07. The molecule has 1 heterocycles. The number of nitrogens with one attached hydrogen (secondary N) is 2. The van der Waals surface area contributed by atoms with Gasteiger partial charge < -0.3 is 20.1 Å². The lowest BCUT2D eigenvalue weighted by Crippen LogP contribution is -2.45. The van der Waals surface area contributed by atoms with E-state index in [9.17, 15) is 0 Å². The molecule has 0 amide bonds. The maximum absolute atomic E-state index is 5.79. The van der Waals surface area contributed by atoms with E-state index in [4.69, 9.17) is 9.47 Å². The van der Waals surface area contributed by atoms with Crippen LogP contribution in [0.2, 0.25) is 0 Å². The number of ether oxygens (including phenoxy) is 2. The Morgan fingerprint density at radius 1 is 1.32 bits per heavy atom. The van der Waals surface area contributed by atoms with Gasteiger partial charge in [0.15, 0.2) is 5.96 Å². The third kappa shape index (κ3) is 4.71. The van der Waals surface area contributed by atoms with E-state index in [0.717, 1.165) is 38.5 Å². The summed E-state index contributed by atoms with van der Waals surface area (Å²) < 4.78 is 11.0. The van der Waals surface area contributed by atoms with Crippen molar-refractivity contribution < 1.29 is 9.47 Å². The molecule has 0 radical (unpaired) electrons. The molecule has 1 saturated heterocycles. The van der Waals surface area contributed by atoms with Crippen LogP contribution < -0.4 is 10.6 Å². The summed E-state index contributed by atoms with van der Waals surface area (Å²) in [6, 6.07) is 8.27. The number of benzene rings is 1. The highest BCUT2D eigenvalue weighted by Gasteiger charge is 2.29. The fraction of sp³-hybridized carbons (Fsp3) is 0.588. The molecule has 0 spiro atoms. The van der Waals surface area contributed by atoms with E-state index in [1.807, 2.05) is 12.1 Å². The molecule has 2 N–H and O–H groups in total. The number of methoxy groups -OCH3 is 1. The minimum Gasteiger partial charge on any atom is -0.380 e. The first-order valence-corrected chi connectivity index (χ1v) is 7.81. The van der Waals surface area contributed by atoms with Crippen LogP contribution in [-0.2, 0) is 22.6 Å². The number of hydrogen-bond donors (Lipinski definition) is 2. The van der Waals surface area contributed by atoms with Gasteiger partial charge in [-0.2, -0.15) is 0 Å². The molecule has 1 aliphatic rings. The standard InChI is InChI=1S/C17H27N3O2/c1-17(9-6-10-22-17)13-20-16(18-2)19-11-14-7-4-5-8-15(14)12-21-3/h4-5,7-8H,6,9-13H2,1-3H3,(H2,18,19,20). The monoisotopic (exact) mass is 305 g/mol. The van der Waals surface area contributed by atoms with Crippen LogP contribution in [-0.4, -0.2) is 38.9 Å². The Kier molecular flexibility index (Phi) is 6.21. The van der Waals surface area contributed by atoms with Crippen LogP contribution in [0.1, 0.15) is 30.9 Å². The van der Waals surface area contributed by atoms with Crippen LogP contribution in [0, 0.1) is 0 Å². The van der Waals surface area contributed by atoms with Crippen LogP contribution in [0.4, 0.5) is 0 Å². The molecule has 0 aliphatic carbocycles. The van der Waals surface area contributed by atoms with Gasteiger partial charge in [-0.05, 0) is 30.9 Å². The number of aliphatic imine (C=N–C) groups is 1. The molecular weight excluding hydrogens is 278 g/mol. The highest BCUT2D eigenvalue weighted by molar-refractivity contribution is 5.79. The number of nitrogens with zero attached hydrogens (tertiary/aromatic N) is 1. The number of hydrogen-bond acceptors (Lipinski definition) is 3. The van der Waals surface area contributed by atoms with Gasteiger partial charge in [0.2, 0.25) is 0 Å². The third-order valence-electron chi connectivity index (χ3n) is 4.02. The van der Waals surface area contributed by atoms with E-state index in [-0.39, 0.29) is 5.60 Å². The second kappa shape index (κ2) is 8.15. The average Bonchev–Trinajstić information content (AvgIpc) is 2.96. The second-order valence-electron chi connectivity index (χ2n) is 5.88. The van der Waals surface area contributed by atoms with Gasteiger partial charge >= 0.3 is 0 Å². The van der Waals surface area contributed by atoms with E-state index >= 15 is 0 Å². The largest absolute Gasteiger partial charge is 0.380 e. The summed E-state index contributed by atoms with van der Waals surface area (Å²) in [5, 5.41) is 6.71. The van der Waals surface area contributed by atoms with Crippen molar-refractivity contribution in [3.05, 3.63) is 35.4 Å². The minimum atomic E-state index is -0.0778. The lowest BCUT2D eigenvalue weighted by molar-refractivity contribution is 0.0243. The fourth-order valence-corrected chi connectivity index (χ4v) is 2.67. The maximum Gasteiger partial charge on any atom is 0.191 e. The van der Waals surface area contributed by atoms with Gasteiger partial charge in [-0.15, -0.1) is 0 Å². The highest BCUT2D eigenvalue weighted by Crippen LogP contribution is 2.23. The smallest absolute Gasteiger partial charge is 0.191 e. The lowest BCUT2D eigenvalue weighted by atomic mass is 10.0. The topological polar surface area (TPSA) is 54.9 Å². The molecular formula is C17H27N3O2. The van der Waals surface area contributed by atoms with E-state index in [2.05, 4.69) is 34.7 Å². The Hall–Kier alpha value is -1.59. The molecule has 5 heteroatoms. The molecule has 0 aromatic heterocycles. The summed E-state index contributed by atoms with van der Waals surface area (Å²) in [5.41, 5.74) is 2.33. The molecule has 1 aliphatic heterocycles.